The Hall–Kier alpha value is -3.90. The fourth-order valence-electron chi connectivity index (χ4n) is 6.38. The molecule has 254 valence electrons. The van der Waals surface area contributed by atoms with Gasteiger partial charge < -0.3 is 24.6 Å². The molecule has 0 radical (unpaired) electrons. The summed E-state index contributed by atoms with van der Waals surface area (Å²) in [7, 11) is -2.25. The summed E-state index contributed by atoms with van der Waals surface area (Å²) in [6.45, 7) is 18.3. The molecule has 4 rings (SSSR count). The van der Waals surface area contributed by atoms with Gasteiger partial charge in [-0.1, -0.05) is 53.7 Å². The van der Waals surface area contributed by atoms with Gasteiger partial charge in [0.05, 0.1) is 17.5 Å². The number of halogens is 3. The molecule has 0 saturated carbocycles. The van der Waals surface area contributed by atoms with Crippen LogP contribution in [0.3, 0.4) is 0 Å². The number of amides is 1. The highest BCUT2D eigenvalue weighted by Gasteiger charge is 2.47. The molecule has 1 aromatic carbocycles. The van der Waals surface area contributed by atoms with Crippen LogP contribution in [0, 0.1) is 0 Å². The maximum absolute atomic E-state index is 13.6. The number of carbonyl (C=O) groups is 1. The lowest BCUT2D eigenvalue weighted by Crippen LogP contribution is -2.50. The normalized spacial score (nSPS) is 13.4. The van der Waals surface area contributed by atoms with E-state index < -0.39 is 37.9 Å². The van der Waals surface area contributed by atoms with E-state index >= 15 is 0 Å². The van der Waals surface area contributed by atoms with Crippen molar-refractivity contribution < 1.29 is 32.2 Å². The van der Waals surface area contributed by atoms with Crippen LogP contribution in [0.2, 0.25) is 16.6 Å². The molecule has 12 heteroatoms. The Bertz CT molecular complexity index is 1670. The Morgan fingerprint density at radius 1 is 0.957 bits per heavy atom. The third-order valence-electron chi connectivity index (χ3n) is 8.47. The first-order valence-corrected chi connectivity index (χ1v) is 17.9. The summed E-state index contributed by atoms with van der Waals surface area (Å²) in [5.41, 5.74) is 1.99. The van der Waals surface area contributed by atoms with Crippen molar-refractivity contribution in [2.45, 2.75) is 103 Å². The van der Waals surface area contributed by atoms with E-state index in [9.17, 15) is 23.1 Å². The van der Waals surface area contributed by atoms with Crippen LogP contribution in [0.1, 0.15) is 90.7 Å². The number of benzene rings is 1. The number of nitrogens with zero attached hydrogens (tertiary/aromatic N) is 2. The zero-order valence-corrected chi connectivity index (χ0v) is 29.4. The van der Waals surface area contributed by atoms with Crippen molar-refractivity contribution in [1.82, 2.24) is 20.3 Å². The monoisotopic (exact) mass is 670 g/mol. The maximum Gasteiger partial charge on any atom is 0.416 e. The lowest BCUT2D eigenvalue weighted by atomic mass is 9.98. The molecule has 0 aliphatic rings. The highest BCUT2D eigenvalue weighted by Crippen LogP contribution is 2.43. The minimum Gasteiger partial charge on any atom is -0.542 e. The van der Waals surface area contributed by atoms with Gasteiger partial charge in [0, 0.05) is 41.0 Å². The number of nitrogens with one attached hydrogen (secondary N) is 2. The van der Waals surface area contributed by atoms with E-state index in [0.29, 0.717) is 50.1 Å². The number of alkyl carbamates (subject to hydrolysis) is 1. The predicted octanol–water partition coefficient (Wildman–Crippen LogP) is 9.30. The molecule has 8 nitrogen and oxygen atoms in total. The van der Waals surface area contributed by atoms with E-state index in [1.165, 1.54) is 12.3 Å². The lowest BCUT2D eigenvalue weighted by Gasteiger charge is -2.42. The summed E-state index contributed by atoms with van der Waals surface area (Å²) in [5.74, 6) is 0.652. The Morgan fingerprint density at radius 3 is 2.17 bits per heavy atom. The Morgan fingerprint density at radius 2 is 1.62 bits per heavy atom. The first-order chi connectivity index (χ1) is 21.8. The van der Waals surface area contributed by atoms with Crippen molar-refractivity contribution in [2.24, 2.45) is 0 Å². The molecule has 3 aromatic heterocycles. The van der Waals surface area contributed by atoms with Crippen molar-refractivity contribution in [1.29, 1.82) is 0 Å². The van der Waals surface area contributed by atoms with Gasteiger partial charge in [0.25, 0.3) is 8.32 Å². The fourth-order valence-corrected chi connectivity index (χ4v) is 11.6. The number of aliphatic hydroxyl groups is 1. The van der Waals surface area contributed by atoms with Crippen molar-refractivity contribution in [3.63, 3.8) is 0 Å². The standard InChI is InChI=1S/C35H45F3N4O4Si/c1-20(2)47(21(3)4,22(5)6)46-26-15-28-29(19-41-32(28)40-18-26)31(43)24-11-13-30(39-17-24)27-14-25(35(36,37)38)12-10-23(27)16-42-33(44)45-34(7,8)9/h10-15,17-22,31,43H,16H2,1-9H3,(H,40,41)(H,42,44). The van der Waals surface area contributed by atoms with Crippen LogP contribution in [0.15, 0.2) is 55.0 Å². The molecule has 1 atom stereocenters. The van der Waals surface area contributed by atoms with Gasteiger partial charge in [0.1, 0.15) is 23.1 Å². The Balaban J connectivity index is 1.65. The SMILES string of the molecule is CC(C)[Si](Oc1cnc2[nH]cc(C(O)c3ccc(-c4cc(C(F)(F)F)ccc4CNC(=O)OC(C)(C)C)nc3)c2c1)(C(C)C)C(C)C. The predicted molar refractivity (Wildman–Crippen MR) is 180 cm³/mol. The van der Waals surface area contributed by atoms with Crippen LogP contribution in [0.25, 0.3) is 22.3 Å². The quantitative estimate of drug-likeness (QED) is 0.145. The third-order valence-corrected chi connectivity index (χ3v) is 14.5. The zero-order chi connectivity index (χ0) is 34.9. The van der Waals surface area contributed by atoms with Crippen LogP contribution in [0.5, 0.6) is 5.75 Å². The Labute approximate surface area is 275 Å². The smallest absolute Gasteiger partial charge is 0.416 e. The van der Waals surface area contributed by atoms with Gasteiger partial charge in [-0.05, 0) is 67.2 Å². The summed E-state index contributed by atoms with van der Waals surface area (Å²) in [6, 6.07) is 8.37. The van der Waals surface area contributed by atoms with Crippen LogP contribution < -0.4 is 9.74 Å². The minimum atomic E-state index is -4.57. The summed E-state index contributed by atoms with van der Waals surface area (Å²) < 4.78 is 53.0. The number of aromatic nitrogens is 3. The first-order valence-electron chi connectivity index (χ1n) is 15.8. The average molecular weight is 671 g/mol. The number of H-pyrrole nitrogens is 1. The summed E-state index contributed by atoms with van der Waals surface area (Å²) in [4.78, 5) is 24.4. The Kier molecular flexibility index (Phi) is 10.5. The van der Waals surface area contributed by atoms with Gasteiger partial charge in [0.2, 0.25) is 0 Å². The van der Waals surface area contributed by atoms with Crippen LogP contribution in [0.4, 0.5) is 18.0 Å². The van der Waals surface area contributed by atoms with E-state index in [-0.39, 0.29) is 17.8 Å². The number of hydrogen-bond donors (Lipinski definition) is 3. The van der Waals surface area contributed by atoms with Gasteiger partial charge in [0.15, 0.2) is 0 Å². The summed E-state index contributed by atoms with van der Waals surface area (Å²) >= 11 is 0. The number of aromatic amines is 1. The number of hydrogen-bond acceptors (Lipinski definition) is 6. The molecule has 1 amide bonds. The van der Waals surface area contributed by atoms with E-state index in [1.54, 1.807) is 45.3 Å². The largest absolute Gasteiger partial charge is 0.542 e. The fraction of sp³-hybridized carbons (Fsp3) is 0.457. The van der Waals surface area contributed by atoms with E-state index in [2.05, 4.69) is 61.8 Å². The third kappa shape index (κ3) is 7.98. The first kappa shape index (κ1) is 35.9. The number of fused-ring (bicyclic) bond motifs is 1. The van der Waals surface area contributed by atoms with Gasteiger partial charge in [-0.15, -0.1) is 0 Å². The summed E-state index contributed by atoms with van der Waals surface area (Å²) in [6.07, 6.45) is -1.53. The molecule has 3 heterocycles. The second-order valence-electron chi connectivity index (χ2n) is 13.8. The number of alkyl halides is 3. The van der Waals surface area contributed by atoms with Crippen molar-refractivity contribution in [3.8, 4) is 17.0 Å². The zero-order valence-electron chi connectivity index (χ0n) is 28.4. The number of ether oxygens (including phenoxy) is 1. The topological polar surface area (TPSA) is 109 Å². The molecule has 4 aromatic rings. The number of pyridine rings is 2. The number of rotatable bonds is 10. The van der Waals surface area contributed by atoms with Crippen molar-refractivity contribution >= 4 is 25.4 Å². The highest BCUT2D eigenvalue weighted by molar-refractivity contribution is 6.78. The second kappa shape index (κ2) is 13.7. The van der Waals surface area contributed by atoms with E-state index in [1.807, 2.05) is 6.07 Å². The second-order valence-corrected chi connectivity index (χ2v) is 19.2. The van der Waals surface area contributed by atoms with Gasteiger partial charge >= 0.3 is 12.3 Å². The molecule has 47 heavy (non-hydrogen) atoms. The van der Waals surface area contributed by atoms with Gasteiger partial charge in [-0.25, -0.2) is 9.78 Å². The number of aliphatic hydroxyl groups excluding tert-OH is 1. The van der Waals surface area contributed by atoms with Crippen LogP contribution in [-0.2, 0) is 17.5 Å². The lowest BCUT2D eigenvalue weighted by molar-refractivity contribution is -0.137. The molecule has 0 fully saturated rings. The molecule has 1 unspecified atom stereocenters. The van der Waals surface area contributed by atoms with Crippen molar-refractivity contribution in [2.75, 3.05) is 0 Å². The summed E-state index contributed by atoms with van der Waals surface area (Å²) in [5, 5.41) is 14.7. The van der Waals surface area contributed by atoms with Crippen LogP contribution >= 0.6 is 0 Å². The molecule has 0 saturated heterocycles. The number of carbonyl (C=O) groups excluding carboxylic acids is 1. The molecule has 3 N–H and O–H groups in total. The molecule has 0 bridgehead atoms. The highest BCUT2D eigenvalue weighted by atomic mass is 28.4. The van der Waals surface area contributed by atoms with Crippen LogP contribution in [-0.4, -0.2) is 40.1 Å². The van der Waals surface area contributed by atoms with Gasteiger partial charge in [-0.2, -0.15) is 13.2 Å². The molecule has 0 spiro atoms. The molecular formula is C35H45F3N4O4Si. The molecular weight excluding hydrogens is 625 g/mol. The van der Waals surface area contributed by atoms with E-state index in [0.717, 1.165) is 12.1 Å². The van der Waals surface area contributed by atoms with Crippen molar-refractivity contribution in [3.05, 3.63) is 77.2 Å². The van der Waals surface area contributed by atoms with E-state index in [4.69, 9.17) is 9.16 Å². The molecule has 0 aliphatic heterocycles. The maximum atomic E-state index is 13.6. The molecule has 0 aliphatic carbocycles. The van der Waals surface area contributed by atoms with Gasteiger partial charge in [-0.3, -0.25) is 4.98 Å². The average Bonchev–Trinajstić information content (AvgIpc) is 3.40. The minimum absolute atomic E-state index is 0.0737.